The highest BCUT2D eigenvalue weighted by Crippen LogP contribution is 2.43. The van der Waals surface area contributed by atoms with Gasteiger partial charge < -0.3 is 9.64 Å². The third-order valence-corrected chi connectivity index (χ3v) is 5.98. The fourth-order valence-electron chi connectivity index (χ4n) is 4.09. The molecule has 1 atom stereocenters. The zero-order valence-electron chi connectivity index (χ0n) is 19.5. The van der Waals surface area contributed by atoms with Crippen molar-refractivity contribution >= 4 is 29.0 Å². The molecule has 0 aliphatic carbocycles. The number of benzene rings is 2. The third-order valence-electron chi connectivity index (χ3n) is 5.71. The molecule has 0 spiro atoms. The Morgan fingerprint density at radius 2 is 1.83 bits per heavy atom. The van der Waals surface area contributed by atoms with Gasteiger partial charge in [0.05, 0.1) is 16.4 Å². The van der Waals surface area contributed by atoms with Crippen LogP contribution in [0.25, 0.3) is 0 Å². The molecule has 0 saturated carbocycles. The maximum absolute atomic E-state index is 14.2. The molecule has 3 rings (SSSR count). The Bertz CT molecular complexity index is 1200. The summed E-state index contributed by atoms with van der Waals surface area (Å²) in [6.45, 7) is 9.96. The molecule has 1 fully saturated rings. The van der Waals surface area contributed by atoms with Gasteiger partial charge in [-0.05, 0) is 62.2 Å². The van der Waals surface area contributed by atoms with Gasteiger partial charge in [0.2, 0.25) is 0 Å². The van der Waals surface area contributed by atoms with E-state index >= 15 is 0 Å². The highest BCUT2D eigenvalue weighted by atomic mass is 35.5. The van der Waals surface area contributed by atoms with E-state index in [4.69, 9.17) is 11.6 Å². The molecule has 2 aromatic carbocycles. The van der Waals surface area contributed by atoms with Crippen LogP contribution in [0.5, 0.6) is 5.75 Å². The molecule has 0 N–H and O–H groups in total. The van der Waals surface area contributed by atoms with Crippen molar-refractivity contribution in [2.24, 2.45) is 0 Å². The molecule has 1 aliphatic heterocycles. The molecule has 1 unspecified atom stereocenters. The van der Waals surface area contributed by atoms with E-state index in [1.807, 2.05) is 0 Å². The number of allylic oxidation sites excluding steroid dienone is 2. The summed E-state index contributed by atoms with van der Waals surface area (Å²) >= 11 is 6.04. The van der Waals surface area contributed by atoms with Crippen LogP contribution in [-0.4, -0.2) is 28.5 Å². The Morgan fingerprint density at radius 3 is 2.31 bits per heavy atom. The van der Waals surface area contributed by atoms with Crippen LogP contribution in [-0.2, 0) is 16.0 Å². The quantitative estimate of drug-likeness (QED) is 0.338. The minimum absolute atomic E-state index is 0.0200. The lowest BCUT2D eigenvalue weighted by atomic mass is 9.90. The normalized spacial score (nSPS) is 19.5. The van der Waals surface area contributed by atoms with Crippen molar-refractivity contribution in [1.82, 2.24) is 4.90 Å². The van der Waals surface area contributed by atoms with Gasteiger partial charge in [-0.2, -0.15) is 0 Å². The highest BCUT2D eigenvalue weighted by Gasteiger charge is 2.53. The zero-order chi connectivity index (χ0) is 26.3. The van der Waals surface area contributed by atoms with Gasteiger partial charge in [0.25, 0.3) is 5.91 Å². The second kappa shape index (κ2) is 9.37. The minimum atomic E-state index is -4.83. The average molecular weight is 511 g/mol. The van der Waals surface area contributed by atoms with Crippen molar-refractivity contribution in [3.63, 3.8) is 0 Å². The SMILES string of the molecule is C=C(C(C)=O)N1C(=CC)N(c2cc(C)c(F)c(Cl)c2)C(=O)C1(C)Cc1ccc(OC(F)(F)F)cc1. The number of Topliss-reactive ketones (excluding diaryl/α,β-unsaturated/α-hetero) is 1. The van der Waals surface area contributed by atoms with Crippen LogP contribution < -0.4 is 9.64 Å². The first kappa shape index (κ1) is 26.3. The first-order valence-electron chi connectivity index (χ1n) is 10.5. The fraction of sp³-hybridized carbons (Fsp3) is 0.280. The Labute approximate surface area is 205 Å². The number of ether oxygens (including phenoxy) is 1. The lowest BCUT2D eigenvalue weighted by molar-refractivity contribution is -0.274. The molecular formula is C25H23ClF4N2O3. The standard InChI is InChI=1S/C25H23ClF4N2O3/c1-6-21-31(18-11-14(2)22(27)20(26)12-18)23(34)24(5,32(21)15(3)16(4)33)13-17-7-9-19(10-8-17)35-25(28,29)30/h6-12H,3,13H2,1-2,4-5H3. The fourth-order valence-corrected chi connectivity index (χ4v) is 4.35. The van der Waals surface area contributed by atoms with Crippen molar-refractivity contribution in [2.45, 2.75) is 46.0 Å². The molecular weight excluding hydrogens is 488 g/mol. The van der Waals surface area contributed by atoms with Gasteiger partial charge in [-0.15, -0.1) is 13.2 Å². The number of rotatable bonds is 6. The number of hydrogen-bond acceptors (Lipinski definition) is 4. The van der Waals surface area contributed by atoms with Gasteiger partial charge >= 0.3 is 6.36 Å². The smallest absolute Gasteiger partial charge is 0.406 e. The second-order valence-corrected chi connectivity index (χ2v) is 8.73. The van der Waals surface area contributed by atoms with E-state index in [1.54, 1.807) is 19.9 Å². The van der Waals surface area contributed by atoms with Crippen molar-refractivity contribution in [2.75, 3.05) is 4.90 Å². The number of carbonyl (C=O) groups excluding carboxylic acids is 2. The van der Waals surface area contributed by atoms with Crippen molar-refractivity contribution in [1.29, 1.82) is 0 Å². The summed E-state index contributed by atoms with van der Waals surface area (Å²) in [6.07, 6.45) is -3.20. The lowest BCUT2D eigenvalue weighted by Gasteiger charge is -2.34. The summed E-state index contributed by atoms with van der Waals surface area (Å²) in [6, 6.07) is 7.89. The van der Waals surface area contributed by atoms with E-state index in [2.05, 4.69) is 11.3 Å². The molecule has 1 amide bonds. The summed E-state index contributed by atoms with van der Waals surface area (Å²) < 4.78 is 55.6. The molecule has 10 heteroatoms. The largest absolute Gasteiger partial charge is 0.573 e. The molecule has 5 nitrogen and oxygen atoms in total. The molecule has 0 bridgehead atoms. The molecule has 2 aromatic rings. The number of nitrogens with zero attached hydrogens (tertiary/aromatic N) is 2. The number of anilines is 1. The van der Waals surface area contributed by atoms with E-state index in [-0.39, 0.29) is 28.5 Å². The zero-order valence-corrected chi connectivity index (χ0v) is 20.2. The van der Waals surface area contributed by atoms with Crippen LogP contribution in [0.1, 0.15) is 31.9 Å². The summed E-state index contributed by atoms with van der Waals surface area (Å²) in [5.74, 6) is -1.53. The minimum Gasteiger partial charge on any atom is -0.406 e. The number of amides is 1. The topological polar surface area (TPSA) is 49.9 Å². The Morgan fingerprint density at radius 1 is 1.23 bits per heavy atom. The number of hydrogen-bond donors (Lipinski definition) is 0. The number of carbonyl (C=O) groups is 2. The Kier molecular flexibility index (Phi) is 7.04. The van der Waals surface area contributed by atoms with Gasteiger partial charge in [0.1, 0.15) is 22.9 Å². The molecule has 0 aromatic heterocycles. The van der Waals surface area contributed by atoms with Crippen LogP contribution in [0.3, 0.4) is 0 Å². The van der Waals surface area contributed by atoms with Gasteiger partial charge in [-0.3, -0.25) is 14.5 Å². The molecule has 35 heavy (non-hydrogen) atoms. The maximum atomic E-state index is 14.2. The predicted octanol–water partition coefficient (Wildman–Crippen LogP) is 6.30. The van der Waals surface area contributed by atoms with Gasteiger partial charge in [0.15, 0.2) is 5.78 Å². The number of halogens is 5. The van der Waals surface area contributed by atoms with E-state index in [0.717, 1.165) is 12.1 Å². The van der Waals surface area contributed by atoms with Crippen LogP contribution in [0, 0.1) is 12.7 Å². The van der Waals surface area contributed by atoms with Crippen LogP contribution in [0.15, 0.2) is 60.6 Å². The monoisotopic (exact) mass is 510 g/mol. The Balaban J connectivity index is 2.09. The number of aryl methyl sites for hydroxylation is 1. The first-order valence-corrected chi connectivity index (χ1v) is 10.9. The number of alkyl halides is 3. The van der Waals surface area contributed by atoms with Crippen LogP contribution in [0.2, 0.25) is 5.02 Å². The number of ketones is 1. The van der Waals surface area contributed by atoms with Gasteiger partial charge in [0, 0.05) is 13.3 Å². The predicted molar refractivity (Wildman–Crippen MR) is 124 cm³/mol. The van der Waals surface area contributed by atoms with Crippen LogP contribution >= 0.6 is 11.6 Å². The molecule has 1 heterocycles. The van der Waals surface area contributed by atoms with Gasteiger partial charge in [-0.25, -0.2) is 4.39 Å². The maximum Gasteiger partial charge on any atom is 0.573 e. The highest BCUT2D eigenvalue weighted by molar-refractivity contribution is 6.31. The average Bonchev–Trinajstić information content (AvgIpc) is 2.98. The van der Waals surface area contributed by atoms with E-state index in [9.17, 15) is 27.2 Å². The third kappa shape index (κ3) is 5.05. The summed E-state index contributed by atoms with van der Waals surface area (Å²) in [5.41, 5.74) is -0.306. The van der Waals surface area contributed by atoms with Gasteiger partial charge in [-0.1, -0.05) is 30.3 Å². The van der Waals surface area contributed by atoms with Crippen molar-refractivity contribution in [3.8, 4) is 5.75 Å². The van der Waals surface area contributed by atoms with Crippen molar-refractivity contribution in [3.05, 3.63) is 82.5 Å². The van der Waals surface area contributed by atoms with Crippen LogP contribution in [0.4, 0.5) is 23.2 Å². The first-order chi connectivity index (χ1) is 16.2. The summed E-state index contributed by atoms with van der Waals surface area (Å²) in [5, 5.41) is -0.172. The molecule has 0 radical (unpaired) electrons. The molecule has 1 aliphatic rings. The van der Waals surface area contributed by atoms with Crippen molar-refractivity contribution < 1.29 is 31.9 Å². The Hall–Kier alpha value is -3.33. The molecule has 186 valence electrons. The molecule has 1 saturated heterocycles. The lowest BCUT2D eigenvalue weighted by Crippen LogP contribution is -2.48. The second-order valence-electron chi connectivity index (χ2n) is 8.33. The summed E-state index contributed by atoms with van der Waals surface area (Å²) in [7, 11) is 0. The van der Waals surface area contributed by atoms with E-state index < -0.39 is 29.4 Å². The van der Waals surface area contributed by atoms with E-state index in [1.165, 1.54) is 47.9 Å². The van der Waals surface area contributed by atoms with E-state index in [0.29, 0.717) is 17.1 Å². The summed E-state index contributed by atoms with van der Waals surface area (Å²) in [4.78, 5) is 29.0.